The maximum Gasteiger partial charge on any atom is 0.176 e. The number of thioether (sulfide) groups is 1. The van der Waals surface area contributed by atoms with Crippen molar-refractivity contribution in [2.24, 2.45) is 9.98 Å². The van der Waals surface area contributed by atoms with Gasteiger partial charge in [-0.2, -0.15) is 11.8 Å². The zero-order valence-corrected chi connectivity index (χ0v) is 14.7. The van der Waals surface area contributed by atoms with Crippen LogP contribution in [0.25, 0.3) is 0 Å². The van der Waals surface area contributed by atoms with Crippen molar-refractivity contribution >= 4 is 23.3 Å². The van der Waals surface area contributed by atoms with Gasteiger partial charge in [-0.1, -0.05) is 60.7 Å². The van der Waals surface area contributed by atoms with Gasteiger partial charge >= 0.3 is 0 Å². The van der Waals surface area contributed by atoms with E-state index in [1.165, 1.54) is 0 Å². The number of amidine groups is 1. The molecule has 24 heavy (non-hydrogen) atoms. The Hall–Kier alpha value is -2.07. The standard InChI is InChI=1S/C20H21N3S/c1-20(17-10-6-3-7-11-17)21-18(16-8-4-2-5-9-16)19(22-20)23-12-14-24-15-13-23/h2-11H,12-15H2,1H3. The van der Waals surface area contributed by atoms with Crippen LogP contribution in [0.15, 0.2) is 70.6 Å². The Morgan fingerprint density at radius 3 is 2.17 bits per heavy atom. The molecule has 0 N–H and O–H groups in total. The van der Waals surface area contributed by atoms with Gasteiger partial charge in [-0.15, -0.1) is 0 Å². The Kier molecular flexibility index (Phi) is 4.15. The molecule has 0 saturated carbocycles. The van der Waals surface area contributed by atoms with Gasteiger partial charge in [0.2, 0.25) is 0 Å². The zero-order chi connectivity index (χ0) is 16.4. The summed E-state index contributed by atoms with van der Waals surface area (Å²) in [6.45, 7) is 4.19. The second kappa shape index (κ2) is 6.44. The molecule has 4 heteroatoms. The molecule has 0 radical (unpaired) electrons. The first-order chi connectivity index (χ1) is 11.8. The summed E-state index contributed by atoms with van der Waals surface area (Å²) in [5, 5.41) is 0. The normalized spacial score (nSPS) is 23.8. The molecule has 2 heterocycles. The molecule has 0 bridgehead atoms. The van der Waals surface area contributed by atoms with E-state index in [-0.39, 0.29) is 0 Å². The lowest BCUT2D eigenvalue weighted by atomic mass is 10.0. The lowest BCUT2D eigenvalue weighted by Gasteiger charge is -2.29. The van der Waals surface area contributed by atoms with Gasteiger partial charge in [0.25, 0.3) is 0 Å². The van der Waals surface area contributed by atoms with E-state index in [1.54, 1.807) is 0 Å². The van der Waals surface area contributed by atoms with Crippen LogP contribution in [-0.4, -0.2) is 41.0 Å². The molecule has 1 saturated heterocycles. The topological polar surface area (TPSA) is 28.0 Å². The van der Waals surface area contributed by atoms with E-state index in [0.29, 0.717) is 0 Å². The molecular formula is C20H21N3S. The molecule has 2 aliphatic rings. The molecule has 1 fully saturated rings. The van der Waals surface area contributed by atoms with Crippen molar-refractivity contribution in [1.29, 1.82) is 0 Å². The summed E-state index contributed by atoms with van der Waals surface area (Å²) < 4.78 is 0. The maximum atomic E-state index is 5.10. The fourth-order valence-electron chi connectivity index (χ4n) is 3.22. The Labute approximate surface area is 147 Å². The minimum Gasteiger partial charge on any atom is -0.353 e. The molecule has 1 atom stereocenters. The van der Waals surface area contributed by atoms with Gasteiger partial charge in [-0.05, 0) is 6.92 Å². The van der Waals surface area contributed by atoms with Crippen molar-refractivity contribution < 1.29 is 0 Å². The van der Waals surface area contributed by atoms with Crippen LogP contribution in [0.5, 0.6) is 0 Å². The van der Waals surface area contributed by atoms with Crippen molar-refractivity contribution in [2.45, 2.75) is 12.6 Å². The SMILES string of the molecule is CC1(c2ccccc2)N=C(c2ccccc2)C(N2CCSCC2)=N1. The molecule has 0 amide bonds. The van der Waals surface area contributed by atoms with Crippen molar-refractivity contribution in [1.82, 2.24) is 4.90 Å². The van der Waals surface area contributed by atoms with Gasteiger partial charge in [0.1, 0.15) is 5.71 Å². The van der Waals surface area contributed by atoms with Crippen LogP contribution in [-0.2, 0) is 5.66 Å². The largest absolute Gasteiger partial charge is 0.353 e. The molecular weight excluding hydrogens is 314 g/mol. The van der Waals surface area contributed by atoms with Gasteiger partial charge < -0.3 is 4.90 Å². The van der Waals surface area contributed by atoms with Crippen molar-refractivity contribution in [2.75, 3.05) is 24.6 Å². The molecule has 2 aromatic carbocycles. The smallest absolute Gasteiger partial charge is 0.176 e. The van der Waals surface area contributed by atoms with Gasteiger partial charge in [-0.3, -0.25) is 0 Å². The lowest BCUT2D eigenvalue weighted by molar-refractivity contribution is 0.457. The highest BCUT2D eigenvalue weighted by molar-refractivity contribution is 7.99. The molecule has 1 unspecified atom stereocenters. The Morgan fingerprint density at radius 1 is 0.875 bits per heavy atom. The summed E-state index contributed by atoms with van der Waals surface area (Å²) in [4.78, 5) is 12.6. The third-order valence-electron chi connectivity index (χ3n) is 4.54. The minimum atomic E-state index is -0.535. The van der Waals surface area contributed by atoms with E-state index in [0.717, 1.165) is 47.3 Å². The first kappa shape index (κ1) is 15.5. The summed E-state index contributed by atoms with van der Waals surface area (Å²) in [6.07, 6.45) is 0. The molecule has 2 aromatic rings. The fourth-order valence-corrected chi connectivity index (χ4v) is 4.12. The summed E-state index contributed by atoms with van der Waals surface area (Å²) in [7, 11) is 0. The number of benzene rings is 2. The van der Waals surface area contributed by atoms with Crippen molar-refractivity contribution in [3.8, 4) is 0 Å². The first-order valence-corrected chi connectivity index (χ1v) is 9.55. The number of hydrogen-bond donors (Lipinski definition) is 0. The average molecular weight is 335 g/mol. The summed E-state index contributed by atoms with van der Waals surface area (Å²) in [6, 6.07) is 20.8. The second-order valence-electron chi connectivity index (χ2n) is 6.25. The van der Waals surface area contributed by atoms with Crippen LogP contribution < -0.4 is 0 Å². The highest BCUT2D eigenvalue weighted by Gasteiger charge is 2.36. The molecule has 0 spiro atoms. The van der Waals surface area contributed by atoms with Gasteiger partial charge in [0.15, 0.2) is 11.5 Å². The minimum absolute atomic E-state index is 0.535. The monoisotopic (exact) mass is 335 g/mol. The Morgan fingerprint density at radius 2 is 1.50 bits per heavy atom. The predicted octanol–water partition coefficient (Wildman–Crippen LogP) is 3.81. The third kappa shape index (κ3) is 2.86. The predicted molar refractivity (Wildman–Crippen MR) is 103 cm³/mol. The molecule has 3 nitrogen and oxygen atoms in total. The third-order valence-corrected chi connectivity index (χ3v) is 5.49. The van der Waals surface area contributed by atoms with Crippen LogP contribution in [0.3, 0.4) is 0 Å². The lowest BCUT2D eigenvalue weighted by Crippen LogP contribution is -2.41. The Balaban J connectivity index is 1.79. The molecule has 0 aliphatic carbocycles. The fraction of sp³-hybridized carbons (Fsp3) is 0.300. The van der Waals surface area contributed by atoms with Crippen LogP contribution in [0.4, 0.5) is 0 Å². The van der Waals surface area contributed by atoms with Gasteiger partial charge in [0.05, 0.1) is 0 Å². The highest BCUT2D eigenvalue weighted by atomic mass is 32.2. The van der Waals surface area contributed by atoms with E-state index < -0.39 is 5.66 Å². The molecule has 4 rings (SSSR count). The number of aliphatic imine (C=N–C) groups is 2. The van der Waals surface area contributed by atoms with E-state index in [1.807, 2.05) is 23.9 Å². The van der Waals surface area contributed by atoms with E-state index in [9.17, 15) is 0 Å². The Bertz CT molecular complexity index is 764. The average Bonchev–Trinajstić information content (AvgIpc) is 3.03. The second-order valence-corrected chi connectivity index (χ2v) is 7.47. The first-order valence-electron chi connectivity index (χ1n) is 8.40. The molecule has 122 valence electrons. The van der Waals surface area contributed by atoms with Crippen LogP contribution in [0.1, 0.15) is 18.1 Å². The quantitative estimate of drug-likeness (QED) is 0.835. The molecule has 2 aliphatic heterocycles. The summed E-state index contributed by atoms with van der Waals surface area (Å²) in [5.41, 5.74) is 2.77. The number of rotatable bonds is 2. The van der Waals surface area contributed by atoms with Crippen LogP contribution in [0.2, 0.25) is 0 Å². The summed E-state index contributed by atoms with van der Waals surface area (Å²) >= 11 is 2.01. The van der Waals surface area contributed by atoms with Crippen LogP contribution >= 0.6 is 11.8 Å². The van der Waals surface area contributed by atoms with E-state index >= 15 is 0 Å². The van der Waals surface area contributed by atoms with Crippen LogP contribution in [0, 0.1) is 0 Å². The van der Waals surface area contributed by atoms with Gasteiger partial charge in [0, 0.05) is 35.7 Å². The highest BCUT2D eigenvalue weighted by Crippen LogP contribution is 2.33. The van der Waals surface area contributed by atoms with Gasteiger partial charge in [-0.25, -0.2) is 9.98 Å². The van der Waals surface area contributed by atoms with E-state index in [2.05, 4.69) is 60.4 Å². The maximum absolute atomic E-state index is 5.10. The zero-order valence-electron chi connectivity index (χ0n) is 13.9. The number of nitrogens with zero attached hydrogens (tertiary/aromatic N) is 3. The van der Waals surface area contributed by atoms with Crippen molar-refractivity contribution in [3.63, 3.8) is 0 Å². The number of hydrogen-bond acceptors (Lipinski definition) is 4. The van der Waals surface area contributed by atoms with Crippen molar-refractivity contribution in [3.05, 3.63) is 71.8 Å². The van der Waals surface area contributed by atoms with E-state index in [4.69, 9.17) is 9.98 Å². The molecule has 0 aromatic heterocycles. The summed E-state index contributed by atoms with van der Waals surface area (Å²) in [5.74, 6) is 3.36.